The Morgan fingerprint density at radius 2 is 1.81 bits per heavy atom. The molecule has 1 saturated heterocycles. The molecule has 4 rings (SSSR count). The summed E-state index contributed by atoms with van der Waals surface area (Å²) in [6, 6.07) is 16.9. The molecule has 0 aliphatic carbocycles. The highest BCUT2D eigenvalue weighted by Gasteiger charge is 2.38. The summed E-state index contributed by atoms with van der Waals surface area (Å²) in [5.74, 6) is -0.228. The molecule has 1 heterocycles. The zero-order valence-corrected chi connectivity index (χ0v) is 26.7. The summed E-state index contributed by atoms with van der Waals surface area (Å²) in [7, 11) is -2.30. The minimum atomic E-state index is -3.82. The summed E-state index contributed by atoms with van der Waals surface area (Å²) >= 11 is 6.22. The third-order valence-corrected chi connectivity index (χ3v) is 10.6. The van der Waals surface area contributed by atoms with E-state index in [0.717, 1.165) is 5.56 Å². The number of Topliss-reactive ketones (excluding diaryl/α,β-unsaturated/α-hetero) is 1. The number of ketones is 1. The average molecular weight is 630 g/mol. The first-order valence-electron chi connectivity index (χ1n) is 14.6. The lowest BCUT2D eigenvalue weighted by molar-refractivity contribution is -0.120. The lowest BCUT2D eigenvalue weighted by Crippen LogP contribution is -2.58. The number of piperazine rings is 1. The average Bonchev–Trinajstić information content (AvgIpc) is 2.96. The Morgan fingerprint density at radius 1 is 1.12 bits per heavy atom. The van der Waals surface area contributed by atoms with Gasteiger partial charge in [0.25, 0.3) is 0 Å². The summed E-state index contributed by atoms with van der Waals surface area (Å²) in [5.41, 5.74) is 8.41. The van der Waals surface area contributed by atoms with Gasteiger partial charge in [-0.1, -0.05) is 49.7 Å². The van der Waals surface area contributed by atoms with Crippen LogP contribution in [-0.2, 0) is 27.7 Å². The van der Waals surface area contributed by atoms with E-state index >= 15 is 4.39 Å². The van der Waals surface area contributed by atoms with Crippen LogP contribution >= 0.6 is 11.6 Å². The lowest BCUT2D eigenvalue weighted by atomic mass is 9.80. The van der Waals surface area contributed by atoms with Crippen molar-refractivity contribution in [3.8, 4) is 5.75 Å². The minimum absolute atomic E-state index is 0.0226. The summed E-state index contributed by atoms with van der Waals surface area (Å²) in [6.45, 7) is 6.82. The van der Waals surface area contributed by atoms with E-state index in [1.54, 1.807) is 30.3 Å². The van der Waals surface area contributed by atoms with Crippen molar-refractivity contribution in [2.75, 3.05) is 20.2 Å². The maximum atomic E-state index is 15.3. The minimum Gasteiger partial charge on any atom is -0.497 e. The van der Waals surface area contributed by atoms with E-state index in [4.69, 9.17) is 22.1 Å². The largest absolute Gasteiger partial charge is 0.497 e. The van der Waals surface area contributed by atoms with Crippen molar-refractivity contribution in [1.82, 2.24) is 9.62 Å². The molecule has 1 fully saturated rings. The SMILES string of the molecule is COc1ccc(S(=O)(=O)N2[C@@H](CCc3c(F)cccc3CC(=O)[C@@H](N)[C@@H](c3cccc(Cl)c3)C(C)C)CNC[C@@H]2C)cc1. The van der Waals surface area contributed by atoms with E-state index in [-0.39, 0.29) is 41.4 Å². The van der Waals surface area contributed by atoms with Gasteiger partial charge in [-0.2, -0.15) is 4.31 Å². The molecule has 0 unspecified atom stereocenters. The lowest BCUT2D eigenvalue weighted by Gasteiger charge is -2.40. The second kappa shape index (κ2) is 14.3. The smallest absolute Gasteiger partial charge is 0.243 e. The van der Waals surface area contributed by atoms with E-state index < -0.39 is 27.9 Å². The van der Waals surface area contributed by atoms with Gasteiger partial charge in [-0.3, -0.25) is 4.79 Å². The van der Waals surface area contributed by atoms with Crippen LogP contribution in [0.4, 0.5) is 4.39 Å². The van der Waals surface area contributed by atoms with Crippen LogP contribution in [0.3, 0.4) is 0 Å². The number of carbonyl (C=O) groups excluding carboxylic acids is 1. The molecule has 3 N–H and O–H groups in total. The van der Waals surface area contributed by atoms with Crippen LogP contribution in [0, 0.1) is 11.7 Å². The zero-order chi connectivity index (χ0) is 31.3. The van der Waals surface area contributed by atoms with Gasteiger partial charge >= 0.3 is 0 Å². The molecule has 0 amide bonds. The Labute approximate surface area is 259 Å². The monoisotopic (exact) mass is 629 g/mol. The predicted molar refractivity (Wildman–Crippen MR) is 169 cm³/mol. The number of nitrogens with two attached hydrogens (primary N) is 1. The number of methoxy groups -OCH3 is 1. The van der Waals surface area contributed by atoms with E-state index in [1.807, 2.05) is 39.0 Å². The molecule has 43 heavy (non-hydrogen) atoms. The topological polar surface area (TPSA) is 102 Å². The van der Waals surface area contributed by atoms with Crippen molar-refractivity contribution in [2.24, 2.45) is 11.7 Å². The van der Waals surface area contributed by atoms with Gasteiger partial charge in [0.2, 0.25) is 10.0 Å². The van der Waals surface area contributed by atoms with E-state index in [1.165, 1.54) is 29.6 Å². The molecule has 3 aromatic rings. The van der Waals surface area contributed by atoms with Gasteiger partial charge < -0.3 is 15.8 Å². The number of nitrogens with zero attached hydrogens (tertiary/aromatic N) is 1. The fourth-order valence-electron chi connectivity index (χ4n) is 6.12. The van der Waals surface area contributed by atoms with Gasteiger partial charge in [0.15, 0.2) is 5.78 Å². The van der Waals surface area contributed by atoms with Crippen LogP contribution in [0.25, 0.3) is 0 Å². The number of carbonyl (C=O) groups is 1. The van der Waals surface area contributed by atoms with Gasteiger partial charge in [0, 0.05) is 42.5 Å². The Morgan fingerprint density at radius 3 is 2.47 bits per heavy atom. The number of nitrogens with one attached hydrogen (secondary N) is 1. The van der Waals surface area contributed by atoms with Crippen molar-refractivity contribution in [3.63, 3.8) is 0 Å². The van der Waals surface area contributed by atoms with Crippen LogP contribution in [0.2, 0.25) is 5.02 Å². The number of rotatable bonds is 12. The number of ether oxygens (including phenoxy) is 1. The third-order valence-electron chi connectivity index (χ3n) is 8.27. The fraction of sp³-hybridized carbons (Fsp3) is 0.424. The normalized spacial score (nSPS) is 19.3. The Kier molecular flexibility index (Phi) is 11.0. The Balaban J connectivity index is 1.54. The van der Waals surface area contributed by atoms with E-state index in [2.05, 4.69) is 5.32 Å². The number of halogens is 2. The first kappa shape index (κ1) is 33.1. The van der Waals surface area contributed by atoms with Gasteiger partial charge in [-0.15, -0.1) is 0 Å². The molecule has 0 spiro atoms. The standard InChI is InChI=1S/C33H41ClFN3O4S/c1-21(2)32(24-8-5-9-25(34)17-24)33(36)31(39)18-23-7-6-10-30(35)29(23)16-11-26-20-37-19-22(3)38(26)43(40,41)28-14-12-27(42-4)13-15-28/h5-10,12-15,17,21-22,26,32-33,37H,11,16,18-20,36H2,1-4H3/t22-,26-,32+,33+/m0/s1. The Bertz CT molecular complexity index is 1520. The first-order valence-corrected chi connectivity index (χ1v) is 16.4. The molecule has 10 heteroatoms. The maximum absolute atomic E-state index is 15.3. The molecule has 232 valence electrons. The summed E-state index contributed by atoms with van der Waals surface area (Å²) in [5, 5.41) is 3.89. The highest BCUT2D eigenvalue weighted by Crippen LogP contribution is 2.31. The number of benzene rings is 3. The molecular formula is C33H41ClFN3O4S. The molecular weight excluding hydrogens is 589 g/mol. The predicted octanol–water partition coefficient (Wildman–Crippen LogP) is 5.35. The summed E-state index contributed by atoms with van der Waals surface area (Å²) in [6.07, 6.45) is 0.614. The maximum Gasteiger partial charge on any atom is 0.243 e. The van der Waals surface area contributed by atoms with Crippen LogP contribution in [0.5, 0.6) is 5.75 Å². The fourth-order valence-corrected chi connectivity index (χ4v) is 8.16. The van der Waals surface area contributed by atoms with Crippen LogP contribution in [0.15, 0.2) is 71.6 Å². The first-order chi connectivity index (χ1) is 20.4. The van der Waals surface area contributed by atoms with Crippen molar-refractivity contribution in [1.29, 1.82) is 0 Å². The quantitative estimate of drug-likeness (QED) is 0.280. The number of hydrogen-bond donors (Lipinski definition) is 2. The molecule has 0 radical (unpaired) electrons. The van der Waals surface area contributed by atoms with Gasteiger partial charge in [0.05, 0.1) is 18.0 Å². The second-order valence-corrected chi connectivity index (χ2v) is 13.9. The van der Waals surface area contributed by atoms with Crippen LogP contribution in [0.1, 0.15) is 49.8 Å². The number of hydrogen-bond acceptors (Lipinski definition) is 6. The molecule has 1 aliphatic rings. The molecule has 0 saturated carbocycles. The van der Waals surface area contributed by atoms with Crippen molar-refractivity contribution < 1.29 is 22.3 Å². The van der Waals surface area contributed by atoms with Crippen LogP contribution in [-0.4, -0.2) is 56.8 Å². The third kappa shape index (κ3) is 7.64. The van der Waals surface area contributed by atoms with E-state index in [9.17, 15) is 13.2 Å². The zero-order valence-electron chi connectivity index (χ0n) is 25.1. The molecule has 7 nitrogen and oxygen atoms in total. The van der Waals surface area contributed by atoms with Crippen molar-refractivity contribution in [3.05, 3.63) is 94.3 Å². The van der Waals surface area contributed by atoms with Crippen molar-refractivity contribution >= 4 is 27.4 Å². The summed E-state index contributed by atoms with van der Waals surface area (Å²) in [4.78, 5) is 13.7. The molecule has 0 bridgehead atoms. The second-order valence-electron chi connectivity index (χ2n) is 11.6. The van der Waals surface area contributed by atoms with Crippen LogP contribution < -0.4 is 15.8 Å². The number of sulfonamides is 1. The molecule has 3 aromatic carbocycles. The molecule has 0 aromatic heterocycles. The highest BCUT2D eigenvalue weighted by molar-refractivity contribution is 7.89. The highest BCUT2D eigenvalue weighted by atomic mass is 35.5. The van der Waals surface area contributed by atoms with E-state index in [0.29, 0.717) is 41.4 Å². The van der Waals surface area contributed by atoms with Gasteiger partial charge in [-0.25, -0.2) is 12.8 Å². The Hall–Kier alpha value is -2.82. The molecule has 4 atom stereocenters. The van der Waals surface area contributed by atoms with Gasteiger partial charge in [-0.05, 0) is 84.8 Å². The molecule has 1 aliphatic heterocycles. The van der Waals surface area contributed by atoms with Gasteiger partial charge in [0.1, 0.15) is 11.6 Å². The van der Waals surface area contributed by atoms with Crippen molar-refractivity contribution in [2.45, 2.75) is 69.0 Å². The summed E-state index contributed by atoms with van der Waals surface area (Å²) < 4.78 is 49.5.